The lowest BCUT2D eigenvalue weighted by atomic mass is 10.1. The molecule has 1 saturated heterocycles. The summed E-state index contributed by atoms with van der Waals surface area (Å²) >= 11 is 7.61. The lowest BCUT2D eigenvalue weighted by Gasteiger charge is -2.36. The molecule has 0 aliphatic carbocycles. The van der Waals surface area contributed by atoms with Crippen molar-refractivity contribution in [2.24, 2.45) is 0 Å². The van der Waals surface area contributed by atoms with Crippen LogP contribution in [0, 0.1) is 0 Å². The monoisotopic (exact) mass is 502 g/mol. The van der Waals surface area contributed by atoms with Crippen molar-refractivity contribution in [3.05, 3.63) is 83.5 Å². The molecule has 0 radical (unpaired) electrons. The Hall–Kier alpha value is -3.55. The van der Waals surface area contributed by atoms with Crippen molar-refractivity contribution in [2.45, 2.75) is 0 Å². The number of fused-ring (bicyclic) bond motifs is 3. The molecule has 0 N–H and O–H groups in total. The van der Waals surface area contributed by atoms with E-state index >= 15 is 0 Å². The summed E-state index contributed by atoms with van der Waals surface area (Å²) in [5, 5.41) is 0.732. The summed E-state index contributed by atoms with van der Waals surface area (Å²) in [5.74, 6) is 0.899. The fourth-order valence-electron chi connectivity index (χ4n) is 4.54. The number of carbonyl (C=O) groups excluding carboxylic acids is 1. The Balaban J connectivity index is 1.19. The van der Waals surface area contributed by atoms with Crippen LogP contribution in [0.3, 0.4) is 0 Å². The molecule has 6 rings (SSSR count). The first-order valence-corrected chi connectivity index (χ1v) is 12.6. The van der Waals surface area contributed by atoms with Crippen molar-refractivity contribution in [3.8, 4) is 17.0 Å². The number of thiazole rings is 1. The zero-order valence-electron chi connectivity index (χ0n) is 19.1. The third kappa shape index (κ3) is 4.11. The molecular weight excluding hydrogens is 480 g/mol. The predicted octanol–water partition coefficient (Wildman–Crippen LogP) is 5.84. The van der Waals surface area contributed by atoms with E-state index in [2.05, 4.69) is 9.30 Å². The fraction of sp³-hybridized carbons (Fsp3) is 0.185. The first-order valence-electron chi connectivity index (χ1n) is 11.4. The molecule has 3 aromatic carbocycles. The number of piperazine rings is 1. The Kier molecular flexibility index (Phi) is 5.59. The smallest absolute Gasteiger partial charge is 0.254 e. The van der Waals surface area contributed by atoms with Gasteiger partial charge in [0.1, 0.15) is 5.75 Å². The van der Waals surface area contributed by atoms with Crippen molar-refractivity contribution in [1.29, 1.82) is 0 Å². The standard InChI is InChI=1S/C27H23ClN4O2S/c1-34-22-9-2-18(3-10-22)23-17-32-24-11-4-19(16-25(24)35-27(32)29-23)26(33)31-14-12-30(13-15-31)21-7-5-20(28)6-8-21/h2-11,16-17H,12-15H2,1H3. The quantitative estimate of drug-likeness (QED) is 0.310. The van der Waals surface area contributed by atoms with Crippen LogP contribution in [-0.2, 0) is 0 Å². The first kappa shape index (κ1) is 21.9. The van der Waals surface area contributed by atoms with Gasteiger partial charge in [0.2, 0.25) is 0 Å². The lowest BCUT2D eigenvalue weighted by Crippen LogP contribution is -2.48. The normalized spacial score (nSPS) is 14.1. The molecule has 35 heavy (non-hydrogen) atoms. The van der Waals surface area contributed by atoms with E-state index in [1.807, 2.05) is 77.8 Å². The van der Waals surface area contributed by atoms with Gasteiger partial charge in [-0.15, -0.1) is 0 Å². The van der Waals surface area contributed by atoms with E-state index in [1.54, 1.807) is 18.4 Å². The Morgan fingerprint density at radius 3 is 2.43 bits per heavy atom. The minimum absolute atomic E-state index is 0.0765. The Labute approximate surface area is 211 Å². The minimum Gasteiger partial charge on any atom is -0.497 e. The summed E-state index contributed by atoms with van der Waals surface area (Å²) in [4.78, 5) is 23.2. The molecule has 1 fully saturated rings. The number of aromatic nitrogens is 2. The summed E-state index contributed by atoms with van der Waals surface area (Å²) in [6, 6.07) is 21.7. The fourth-order valence-corrected chi connectivity index (χ4v) is 5.71. The third-order valence-electron chi connectivity index (χ3n) is 6.49. The second-order valence-corrected chi connectivity index (χ2v) is 9.99. The molecule has 1 aliphatic rings. The molecule has 2 aromatic heterocycles. The highest BCUT2D eigenvalue weighted by Gasteiger charge is 2.23. The van der Waals surface area contributed by atoms with Crippen LogP contribution in [-0.4, -0.2) is 53.5 Å². The number of hydrogen-bond acceptors (Lipinski definition) is 5. The van der Waals surface area contributed by atoms with Crippen molar-refractivity contribution in [2.75, 3.05) is 38.2 Å². The van der Waals surface area contributed by atoms with Gasteiger partial charge in [-0.25, -0.2) is 4.98 Å². The predicted molar refractivity (Wildman–Crippen MR) is 142 cm³/mol. The molecule has 0 saturated carbocycles. The Morgan fingerprint density at radius 1 is 0.971 bits per heavy atom. The van der Waals surface area contributed by atoms with Crippen LogP contribution in [0.15, 0.2) is 72.9 Å². The molecule has 176 valence electrons. The van der Waals surface area contributed by atoms with Crippen LogP contribution in [0.25, 0.3) is 26.4 Å². The van der Waals surface area contributed by atoms with Gasteiger partial charge in [0.05, 0.1) is 23.0 Å². The van der Waals surface area contributed by atoms with E-state index in [1.165, 1.54) is 0 Å². The van der Waals surface area contributed by atoms with Gasteiger partial charge in [0.15, 0.2) is 4.96 Å². The van der Waals surface area contributed by atoms with Gasteiger partial charge < -0.3 is 14.5 Å². The van der Waals surface area contributed by atoms with Crippen LogP contribution in [0.2, 0.25) is 5.02 Å². The maximum absolute atomic E-state index is 13.2. The molecule has 0 bridgehead atoms. The highest BCUT2D eigenvalue weighted by molar-refractivity contribution is 7.23. The van der Waals surface area contributed by atoms with E-state index in [9.17, 15) is 4.79 Å². The number of halogens is 1. The van der Waals surface area contributed by atoms with Gasteiger partial charge in [0, 0.05) is 54.2 Å². The number of nitrogens with zero attached hydrogens (tertiary/aromatic N) is 4. The van der Waals surface area contributed by atoms with E-state index in [0.717, 1.165) is 61.5 Å². The van der Waals surface area contributed by atoms with Crippen LogP contribution in [0.1, 0.15) is 10.4 Å². The van der Waals surface area contributed by atoms with E-state index in [0.29, 0.717) is 13.1 Å². The van der Waals surface area contributed by atoms with Gasteiger partial charge in [-0.1, -0.05) is 22.9 Å². The molecule has 8 heteroatoms. The number of rotatable bonds is 4. The number of carbonyl (C=O) groups is 1. The van der Waals surface area contributed by atoms with Crippen LogP contribution in [0.5, 0.6) is 5.75 Å². The average molecular weight is 503 g/mol. The molecule has 5 aromatic rings. The summed E-state index contributed by atoms with van der Waals surface area (Å²) < 4.78 is 8.40. The number of anilines is 1. The maximum atomic E-state index is 13.2. The van der Waals surface area contributed by atoms with Crippen molar-refractivity contribution < 1.29 is 9.53 Å². The maximum Gasteiger partial charge on any atom is 0.254 e. The first-order chi connectivity index (χ1) is 17.1. The zero-order valence-corrected chi connectivity index (χ0v) is 20.7. The average Bonchev–Trinajstić information content (AvgIpc) is 3.47. The second kappa shape index (κ2) is 8.91. The van der Waals surface area contributed by atoms with Crippen molar-refractivity contribution >= 4 is 49.7 Å². The van der Waals surface area contributed by atoms with E-state index < -0.39 is 0 Å². The van der Waals surface area contributed by atoms with Crippen LogP contribution in [0.4, 0.5) is 5.69 Å². The topological polar surface area (TPSA) is 50.1 Å². The Morgan fingerprint density at radius 2 is 1.71 bits per heavy atom. The lowest BCUT2D eigenvalue weighted by molar-refractivity contribution is 0.0747. The minimum atomic E-state index is 0.0765. The third-order valence-corrected chi connectivity index (χ3v) is 7.75. The highest BCUT2D eigenvalue weighted by Crippen LogP contribution is 2.31. The number of hydrogen-bond donors (Lipinski definition) is 0. The van der Waals surface area contributed by atoms with Gasteiger partial charge in [-0.3, -0.25) is 9.20 Å². The highest BCUT2D eigenvalue weighted by atomic mass is 35.5. The number of imidazole rings is 1. The summed E-state index contributed by atoms with van der Waals surface area (Å²) in [6.07, 6.45) is 2.05. The van der Waals surface area contributed by atoms with Crippen LogP contribution >= 0.6 is 22.9 Å². The number of benzene rings is 3. The van der Waals surface area contributed by atoms with E-state index in [-0.39, 0.29) is 5.91 Å². The van der Waals surface area contributed by atoms with Gasteiger partial charge in [0.25, 0.3) is 5.91 Å². The Bertz CT molecular complexity index is 1520. The number of ether oxygens (including phenoxy) is 1. The molecule has 0 unspecified atom stereocenters. The van der Waals surface area contributed by atoms with Crippen LogP contribution < -0.4 is 9.64 Å². The second-order valence-electron chi connectivity index (χ2n) is 8.55. The molecule has 0 atom stereocenters. The summed E-state index contributed by atoms with van der Waals surface area (Å²) in [6.45, 7) is 2.99. The largest absolute Gasteiger partial charge is 0.497 e. The van der Waals surface area contributed by atoms with Crippen molar-refractivity contribution in [3.63, 3.8) is 0 Å². The van der Waals surface area contributed by atoms with Gasteiger partial charge in [-0.2, -0.15) is 0 Å². The molecule has 1 aliphatic heterocycles. The molecule has 6 nitrogen and oxygen atoms in total. The summed E-state index contributed by atoms with van der Waals surface area (Å²) in [7, 11) is 1.66. The van der Waals surface area contributed by atoms with Gasteiger partial charge >= 0.3 is 0 Å². The molecule has 1 amide bonds. The summed E-state index contributed by atoms with van der Waals surface area (Å²) in [5.41, 5.74) is 4.87. The van der Waals surface area contributed by atoms with E-state index in [4.69, 9.17) is 21.3 Å². The SMILES string of the molecule is COc1ccc(-c2cn3c(n2)sc2cc(C(=O)N4CCN(c5ccc(Cl)cc5)CC4)ccc23)cc1. The number of amides is 1. The van der Waals surface area contributed by atoms with Crippen molar-refractivity contribution in [1.82, 2.24) is 14.3 Å². The molecule has 0 spiro atoms. The number of methoxy groups -OCH3 is 1. The molecule has 3 heterocycles. The molecular formula is C27H23ClN4O2S. The zero-order chi connectivity index (χ0) is 23.9. The van der Waals surface area contributed by atoms with Gasteiger partial charge in [-0.05, 0) is 66.7 Å².